The van der Waals surface area contributed by atoms with E-state index in [1.165, 1.54) is 0 Å². The van der Waals surface area contributed by atoms with Crippen LogP contribution >= 0.6 is 12.9 Å². The second-order valence-corrected chi connectivity index (χ2v) is 2.12. The fourth-order valence-electron chi connectivity index (χ4n) is 0.599. The van der Waals surface area contributed by atoms with Gasteiger partial charge in [-0.3, -0.25) is 4.79 Å². The maximum atomic E-state index is 10.5. The van der Waals surface area contributed by atoms with Gasteiger partial charge in [-0.25, -0.2) is 0 Å². The van der Waals surface area contributed by atoms with Gasteiger partial charge in [0.2, 0.25) is 5.91 Å². The number of carbonyl (C=O) groups excluding carboxylic acids is 1. The maximum absolute atomic E-state index is 10.5. The molecule has 60 valence electrons. The first kappa shape index (κ1) is 9.74. The van der Waals surface area contributed by atoms with Gasteiger partial charge in [-0.15, -0.1) is 0 Å². The van der Waals surface area contributed by atoms with Gasteiger partial charge in [-0.1, -0.05) is 0 Å². The highest BCUT2D eigenvalue weighted by Crippen LogP contribution is 1.91. The fourth-order valence-corrected chi connectivity index (χ4v) is 0.705. The highest BCUT2D eigenvalue weighted by Gasteiger charge is 2.10. The minimum absolute atomic E-state index is 0.313. The summed E-state index contributed by atoms with van der Waals surface area (Å²) < 4.78 is 4.47. The highest BCUT2D eigenvalue weighted by atomic mass is 32.1. The van der Waals surface area contributed by atoms with Gasteiger partial charge in [0.1, 0.15) is 0 Å². The molecule has 0 aromatic heterocycles. The average Bonchev–Trinajstić information content (AvgIpc) is 1.89. The van der Waals surface area contributed by atoms with Crippen molar-refractivity contribution in [1.29, 1.82) is 0 Å². The molecule has 0 rings (SSSR count). The molecule has 0 radical (unpaired) electrons. The molecular weight excluding hydrogens is 152 g/mol. The Balaban J connectivity index is 3.50. The van der Waals surface area contributed by atoms with E-state index in [0.29, 0.717) is 13.0 Å². The summed E-state index contributed by atoms with van der Waals surface area (Å²) in [6.07, 6.45) is 0.551. The predicted molar refractivity (Wildman–Crippen MR) is 41.6 cm³/mol. The van der Waals surface area contributed by atoms with E-state index in [-0.39, 0.29) is 11.9 Å². The summed E-state index contributed by atoms with van der Waals surface area (Å²) in [6, 6.07) is -0.313. The molecule has 0 aromatic carbocycles. The molecule has 5 heteroatoms. The number of rotatable bonds is 5. The third kappa shape index (κ3) is 3.71. The first-order valence-electron chi connectivity index (χ1n) is 2.95. The number of hydrogen-bond acceptors (Lipinski definition) is 4. The van der Waals surface area contributed by atoms with Gasteiger partial charge < -0.3 is 15.2 Å². The summed E-state index contributed by atoms with van der Waals surface area (Å²) in [7, 11) is 1.67. The summed E-state index contributed by atoms with van der Waals surface area (Å²) in [5.74, 6) is -0.368. The summed E-state index contributed by atoms with van der Waals surface area (Å²) in [5, 5.41) is 2.75. The molecular formula is C5H12N2O2S. The topological polar surface area (TPSA) is 64.3 Å². The monoisotopic (exact) mass is 164 g/mol. The molecule has 1 unspecified atom stereocenters. The van der Waals surface area contributed by atoms with Crippen molar-refractivity contribution in [2.24, 2.45) is 5.73 Å². The molecule has 0 saturated heterocycles. The Morgan fingerprint density at radius 1 is 1.90 bits per heavy atom. The number of hydrogen-bond donors (Lipinski definition) is 3. The molecule has 4 nitrogen and oxygen atoms in total. The van der Waals surface area contributed by atoms with E-state index in [1.807, 2.05) is 0 Å². The van der Waals surface area contributed by atoms with Gasteiger partial charge in [0, 0.05) is 0 Å². The quantitative estimate of drug-likeness (QED) is 0.372. The number of nitrogens with one attached hydrogen (secondary N) is 1. The lowest BCUT2D eigenvalue weighted by atomic mass is 10.2. The van der Waals surface area contributed by atoms with Crippen molar-refractivity contribution >= 4 is 18.8 Å². The van der Waals surface area contributed by atoms with Gasteiger partial charge in [0.25, 0.3) is 0 Å². The summed E-state index contributed by atoms with van der Waals surface area (Å²) in [5.41, 5.74) is 5.01. The van der Waals surface area contributed by atoms with E-state index in [2.05, 4.69) is 22.4 Å². The van der Waals surface area contributed by atoms with Crippen LogP contribution in [0.4, 0.5) is 0 Å². The average molecular weight is 164 g/mol. The second kappa shape index (κ2) is 5.52. The van der Waals surface area contributed by atoms with Crippen molar-refractivity contribution < 1.29 is 8.98 Å². The Morgan fingerprint density at radius 2 is 2.50 bits per heavy atom. The normalized spacial score (nSPS) is 13.0. The molecule has 0 spiro atoms. The van der Waals surface area contributed by atoms with Gasteiger partial charge in [0.05, 0.1) is 12.6 Å². The van der Waals surface area contributed by atoms with Crippen molar-refractivity contribution in [3.8, 4) is 0 Å². The van der Waals surface area contributed by atoms with Crippen LogP contribution in [0.5, 0.6) is 0 Å². The number of primary amides is 1. The third-order valence-corrected chi connectivity index (χ3v) is 1.37. The molecule has 0 aliphatic carbocycles. The molecule has 3 N–H and O–H groups in total. The van der Waals surface area contributed by atoms with E-state index in [4.69, 9.17) is 5.73 Å². The number of nitrogens with two attached hydrogens (primary N) is 1. The number of thiol groups is 1. The molecule has 1 atom stereocenters. The largest absolute Gasteiger partial charge is 0.368 e. The lowest BCUT2D eigenvalue weighted by Crippen LogP contribution is -2.39. The van der Waals surface area contributed by atoms with E-state index in [9.17, 15) is 4.79 Å². The summed E-state index contributed by atoms with van der Waals surface area (Å²) >= 11 is 3.52. The predicted octanol–water partition coefficient (Wildman–Crippen LogP) is -0.689. The zero-order valence-corrected chi connectivity index (χ0v) is 6.73. The third-order valence-electron chi connectivity index (χ3n) is 1.19. The SMILES string of the molecule is CNC(CCOS)C(N)=O. The van der Waals surface area contributed by atoms with Crippen LogP contribution in [0.1, 0.15) is 6.42 Å². The Labute approximate surface area is 65.7 Å². The van der Waals surface area contributed by atoms with Crippen LogP contribution in [0.2, 0.25) is 0 Å². The zero-order valence-electron chi connectivity index (χ0n) is 5.83. The van der Waals surface area contributed by atoms with Crippen LogP contribution in [0.3, 0.4) is 0 Å². The molecule has 0 aromatic rings. The lowest BCUT2D eigenvalue weighted by Gasteiger charge is -2.09. The zero-order chi connectivity index (χ0) is 7.98. The van der Waals surface area contributed by atoms with Gasteiger partial charge in [-0.05, 0) is 26.4 Å². The molecule has 0 aliphatic rings. The molecule has 0 bridgehead atoms. The molecule has 0 saturated carbocycles. The molecule has 0 fully saturated rings. The minimum atomic E-state index is -0.368. The maximum Gasteiger partial charge on any atom is 0.234 e. The Hall–Kier alpha value is -0.260. The van der Waals surface area contributed by atoms with Crippen molar-refractivity contribution in [3.05, 3.63) is 0 Å². The lowest BCUT2D eigenvalue weighted by molar-refractivity contribution is -0.120. The van der Waals surface area contributed by atoms with Crippen LogP contribution < -0.4 is 11.1 Å². The number of amides is 1. The Kier molecular flexibility index (Phi) is 5.38. The summed E-state index contributed by atoms with van der Waals surface area (Å²) in [4.78, 5) is 10.5. The van der Waals surface area contributed by atoms with E-state index >= 15 is 0 Å². The van der Waals surface area contributed by atoms with E-state index < -0.39 is 0 Å². The number of likely N-dealkylation sites (N-methyl/N-ethyl adjacent to an activating group) is 1. The van der Waals surface area contributed by atoms with E-state index in [1.54, 1.807) is 7.05 Å². The molecule has 0 aliphatic heterocycles. The van der Waals surface area contributed by atoms with Gasteiger partial charge >= 0.3 is 0 Å². The van der Waals surface area contributed by atoms with Crippen LogP contribution in [0, 0.1) is 0 Å². The van der Waals surface area contributed by atoms with E-state index in [0.717, 1.165) is 0 Å². The Bertz CT molecular complexity index is 110. The van der Waals surface area contributed by atoms with Crippen LogP contribution in [-0.2, 0) is 8.98 Å². The first-order chi connectivity index (χ1) is 4.72. The highest BCUT2D eigenvalue weighted by molar-refractivity contribution is 7.75. The fraction of sp³-hybridized carbons (Fsp3) is 0.800. The van der Waals surface area contributed by atoms with Crippen LogP contribution in [0.15, 0.2) is 0 Å². The molecule has 0 heterocycles. The summed E-state index contributed by atoms with van der Waals surface area (Å²) in [6.45, 7) is 0.414. The first-order valence-corrected chi connectivity index (χ1v) is 3.31. The molecule has 1 amide bonds. The Morgan fingerprint density at radius 3 is 2.80 bits per heavy atom. The van der Waals surface area contributed by atoms with Crippen LogP contribution in [0.25, 0.3) is 0 Å². The molecule has 10 heavy (non-hydrogen) atoms. The van der Waals surface area contributed by atoms with Gasteiger partial charge in [-0.2, -0.15) is 0 Å². The van der Waals surface area contributed by atoms with Crippen molar-refractivity contribution in [3.63, 3.8) is 0 Å². The van der Waals surface area contributed by atoms with Crippen molar-refractivity contribution in [2.45, 2.75) is 12.5 Å². The van der Waals surface area contributed by atoms with Gasteiger partial charge in [0.15, 0.2) is 0 Å². The smallest absolute Gasteiger partial charge is 0.234 e. The standard InChI is InChI=1S/C5H12N2O2S/c1-7-4(5(6)8)2-3-9-10/h4,7,10H,2-3H2,1H3,(H2,6,8). The van der Waals surface area contributed by atoms with Crippen molar-refractivity contribution in [1.82, 2.24) is 5.32 Å². The number of carbonyl (C=O) groups is 1. The van der Waals surface area contributed by atoms with Crippen molar-refractivity contribution in [2.75, 3.05) is 13.7 Å². The minimum Gasteiger partial charge on any atom is -0.368 e. The van der Waals surface area contributed by atoms with Crippen LogP contribution in [-0.4, -0.2) is 25.6 Å². The second-order valence-electron chi connectivity index (χ2n) is 1.87.